The topological polar surface area (TPSA) is 76.0 Å². The first kappa shape index (κ1) is 13.7. The van der Waals surface area contributed by atoms with Gasteiger partial charge in [0.25, 0.3) is 0 Å². The van der Waals surface area contributed by atoms with Crippen molar-refractivity contribution in [2.75, 3.05) is 19.6 Å². The summed E-state index contributed by atoms with van der Waals surface area (Å²) in [5, 5.41) is 13.9. The molecule has 0 atom stereocenters. The number of benzene rings is 1. The minimum atomic E-state index is -0.0372. The maximum Gasteiger partial charge on any atom is 0.200 e. The predicted molar refractivity (Wildman–Crippen MR) is 76.7 cm³/mol. The number of phenols is 1. The lowest BCUT2D eigenvalue weighted by Crippen LogP contribution is -1.95. The number of nitrogens with one attached hydrogen (secondary N) is 1. The van der Waals surface area contributed by atoms with Gasteiger partial charge < -0.3 is 14.6 Å². The highest BCUT2D eigenvalue weighted by Crippen LogP contribution is 2.36. The number of phenolic OH excluding ortho intramolecular Hbond substituents is 1. The Hall–Kier alpha value is -2.76. The number of pyridine rings is 1. The Morgan fingerprint density at radius 3 is 2.45 bits per heavy atom. The number of aromatic hydroxyl groups is 1. The Morgan fingerprint density at radius 1 is 1.20 bits per heavy atom. The summed E-state index contributed by atoms with van der Waals surface area (Å²) in [5.74, 6) is 1.25. The van der Waals surface area contributed by atoms with Gasteiger partial charge in [0.2, 0.25) is 5.75 Å². The summed E-state index contributed by atoms with van der Waals surface area (Å²) in [6.07, 6.45) is 3.25. The zero-order valence-corrected chi connectivity index (χ0v) is 11.2. The van der Waals surface area contributed by atoms with Crippen LogP contribution in [-0.4, -0.2) is 30.5 Å². The van der Waals surface area contributed by atoms with E-state index in [-0.39, 0.29) is 5.75 Å². The van der Waals surface area contributed by atoms with E-state index in [4.69, 9.17) is 9.47 Å². The maximum absolute atomic E-state index is 9.80. The minimum absolute atomic E-state index is 0.0372. The van der Waals surface area contributed by atoms with Crippen molar-refractivity contribution in [3.05, 3.63) is 42.1 Å². The molecule has 2 rings (SSSR count). The number of hydrazone groups is 1. The van der Waals surface area contributed by atoms with Crippen LogP contribution in [-0.2, 0) is 0 Å². The number of ether oxygens (including phenoxy) is 2. The number of methoxy groups -OCH3 is 2. The first-order valence-corrected chi connectivity index (χ1v) is 5.89. The third-order valence-electron chi connectivity index (χ3n) is 2.56. The second-order valence-corrected chi connectivity index (χ2v) is 3.86. The van der Waals surface area contributed by atoms with Crippen LogP contribution in [0.4, 0.5) is 5.82 Å². The molecule has 2 N–H and O–H groups in total. The minimum Gasteiger partial charge on any atom is -0.502 e. The lowest BCUT2D eigenvalue weighted by Gasteiger charge is -2.09. The van der Waals surface area contributed by atoms with E-state index < -0.39 is 0 Å². The van der Waals surface area contributed by atoms with Crippen LogP contribution < -0.4 is 14.9 Å². The number of aromatic nitrogens is 1. The Labute approximate surface area is 116 Å². The van der Waals surface area contributed by atoms with Crippen molar-refractivity contribution >= 4 is 12.0 Å². The largest absolute Gasteiger partial charge is 0.502 e. The van der Waals surface area contributed by atoms with Crippen LogP contribution in [0.3, 0.4) is 0 Å². The Kier molecular flexibility index (Phi) is 4.39. The highest BCUT2D eigenvalue weighted by Gasteiger charge is 2.09. The molecule has 1 heterocycles. The molecule has 6 nitrogen and oxygen atoms in total. The standard InChI is InChI=1S/C14H15N3O3/c1-19-11-7-10(8-12(20-2)14(11)18)9-16-17-13-5-3-4-6-15-13/h3-9,18H,1-2H3,(H,15,17)/b16-9-. The molecule has 6 heteroatoms. The van der Waals surface area contributed by atoms with E-state index in [1.807, 2.05) is 12.1 Å². The van der Waals surface area contributed by atoms with Crippen LogP contribution in [0.1, 0.15) is 5.56 Å². The molecule has 1 aromatic heterocycles. The van der Waals surface area contributed by atoms with Gasteiger partial charge in [-0.25, -0.2) is 4.98 Å². The van der Waals surface area contributed by atoms with Gasteiger partial charge in [-0.3, -0.25) is 5.43 Å². The summed E-state index contributed by atoms with van der Waals surface area (Å²) in [6, 6.07) is 8.79. The van der Waals surface area contributed by atoms with E-state index in [1.54, 1.807) is 30.6 Å². The molecule has 1 aromatic carbocycles. The molecule has 0 saturated heterocycles. The second kappa shape index (κ2) is 6.42. The highest BCUT2D eigenvalue weighted by atomic mass is 16.5. The van der Waals surface area contributed by atoms with Crippen molar-refractivity contribution in [3.63, 3.8) is 0 Å². The first-order chi connectivity index (χ1) is 9.74. The molecular formula is C14H15N3O3. The quantitative estimate of drug-likeness (QED) is 0.645. The van der Waals surface area contributed by atoms with Crippen molar-refractivity contribution in [1.82, 2.24) is 4.98 Å². The number of nitrogens with zero attached hydrogens (tertiary/aromatic N) is 2. The molecule has 0 aliphatic carbocycles. The van der Waals surface area contributed by atoms with Crippen LogP contribution in [0.2, 0.25) is 0 Å². The molecule has 0 aliphatic rings. The highest BCUT2D eigenvalue weighted by molar-refractivity contribution is 5.82. The number of rotatable bonds is 5. The molecule has 0 aliphatic heterocycles. The predicted octanol–water partition coefficient (Wildman–Crippen LogP) is 2.25. The summed E-state index contributed by atoms with van der Waals surface area (Å²) in [7, 11) is 2.95. The first-order valence-electron chi connectivity index (χ1n) is 5.89. The molecule has 0 saturated carbocycles. The van der Waals surface area contributed by atoms with E-state index in [0.717, 1.165) is 5.56 Å². The van der Waals surface area contributed by atoms with E-state index >= 15 is 0 Å². The Bertz CT molecular complexity index is 575. The van der Waals surface area contributed by atoms with Gasteiger partial charge in [-0.2, -0.15) is 5.10 Å². The van der Waals surface area contributed by atoms with E-state index in [0.29, 0.717) is 17.3 Å². The van der Waals surface area contributed by atoms with Gasteiger partial charge in [0.1, 0.15) is 5.82 Å². The molecule has 20 heavy (non-hydrogen) atoms. The summed E-state index contributed by atoms with van der Waals surface area (Å²) in [5.41, 5.74) is 3.52. The van der Waals surface area contributed by atoms with Crippen LogP contribution >= 0.6 is 0 Å². The normalized spacial score (nSPS) is 10.5. The molecular weight excluding hydrogens is 258 g/mol. The van der Waals surface area contributed by atoms with Gasteiger partial charge >= 0.3 is 0 Å². The monoisotopic (exact) mass is 273 g/mol. The third-order valence-corrected chi connectivity index (χ3v) is 2.56. The third kappa shape index (κ3) is 3.17. The summed E-state index contributed by atoms with van der Waals surface area (Å²) >= 11 is 0. The molecule has 0 fully saturated rings. The van der Waals surface area contributed by atoms with Crippen molar-refractivity contribution in [2.24, 2.45) is 5.10 Å². The van der Waals surface area contributed by atoms with Gasteiger partial charge in [-0.05, 0) is 24.3 Å². The molecule has 0 bridgehead atoms. The summed E-state index contributed by atoms with van der Waals surface area (Å²) in [6.45, 7) is 0. The van der Waals surface area contributed by atoms with Gasteiger partial charge in [0, 0.05) is 11.8 Å². The fourth-order valence-corrected chi connectivity index (χ4v) is 1.59. The van der Waals surface area contributed by atoms with Crippen molar-refractivity contribution in [3.8, 4) is 17.2 Å². The van der Waals surface area contributed by atoms with E-state index in [2.05, 4.69) is 15.5 Å². The van der Waals surface area contributed by atoms with Crippen LogP contribution in [0.15, 0.2) is 41.6 Å². The molecule has 0 unspecified atom stereocenters. The van der Waals surface area contributed by atoms with Gasteiger partial charge in [0.15, 0.2) is 11.5 Å². The molecule has 0 spiro atoms. The van der Waals surface area contributed by atoms with Crippen LogP contribution in [0, 0.1) is 0 Å². The molecule has 104 valence electrons. The van der Waals surface area contributed by atoms with E-state index in [1.165, 1.54) is 14.2 Å². The second-order valence-electron chi connectivity index (χ2n) is 3.86. The Balaban J connectivity index is 2.16. The molecule has 2 aromatic rings. The van der Waals surface area contributed by atoms with Crippen molar-refractivity contribution < 1.29 is 14.6 Å². The Morgan fingerprint density at radius 2 is 1.90 bits per heavy atom. The van der Waals surface area contributed by atoms with E-state index in [9.17, 15) is 5.11 Å². The van der Waals surface area contributed by atoms with Gasteiger partial charge in [-0.15, -0.1) is 0 Å². The molecule has 0 amide bonds. The van der Waals surface area contributed by atoms with Crippen LogP contribution in [0.25, 0.3) is 0 Å². The zero-order valence-electron chi connectivity index (χ0n) is 11.2. The van der Waals surface area contributed by atoms with Crippen molar-refractivity contribution in [1.29, 1.82) is 0 Å². The van der Waals surface area contributed by atoms with Crippen LogP contribution in [0.5, 0.6) is 17.2 Å². The zero-order chi connectivity index (χ0) is 14.4. The smallest absolute Gasteiger partial charge is 0.200 e. The van der Waals surface area contributed by atoms with Crippen molar-refractivity contribution in [2.45, 2.75) is 0 Å². The number of anilines is 1. The van der Waals surface area contributed by atoms with Gasteiger partial charge in [-0.1, -0.05) is 6.07 Å². The fraction of sp³-hybridized carbons (Fsp3) is 0.143. The lowest BCUT2D eigenvalue weighted by atomic mass is 10.2. The average molecular weight is 273 g/mol. The SMILES string of the molecule is COc1cc(/C=N\Nc2ccccn2)cc(OC)c1O. The lowest BCUT2D eigenvalue weighted by molar-refractivity contribution is 0.340. The fourth-order valence-electron chi connectivity index (χ4n) is 1.59. The summed E-state index contributed by atoms with van der Waals surface area (Å²) < 4.78 is 10.1. The number of hydrogen-bond donors (Lipinski definition) is 2. The maximum atomic E-state index is 9.80. The summed E-state index contributed by atoms with van der Waals surface area (Å²) in [4.78, 5) is 4.08. The average Bonchev–Trinajstić information content (AvgIpc) is 2.49. The number of hydrogen-bond acceptors (Lipinski definition) is 6. The van der Waals surface area contributed by atoms with Gasteiger partial charge in [0.05, 0.1) is 20.4 Å². The molecule has 0 radical (unpaired) electrons.